The van der Waals surface area contributed by atoms with E-state index in [-0.39, 0.29) is 49.7 Å². The van der Waals surface area contributed by atoms with Crippen LogP contribution in [0.1, 0.15) is 69.2 Å². The number of carbonyl (C=O) groups excluding carboxylic acids is 3. The molecule has 65 heavy (non-hydrogen) atoms. The number of pyridine rings is 1. The third-order valence-corrected chi connectivity index (χ3v) is 14.1. The van der Waals surface area contributed by atoms with Gasteiger partial charge in [0.05, 0.1) is 40.1 Å². The van der Waals surface area contributed by atoms with Crippen molar-refractivity contribution in [2.24, 2.45) is 4.99 Å². The van der Waals surface area contributed by atoms with Gasteiger partial charge in [-0.1, -0.05) is 50.3 Å². The average Bonchev–Trinajstić information content (AvgIpc) is 3.76. The van der Waals surface area contributed by atoms with E-state index >= 15 is 0 Å². The summed E-state index contributed by atoms with van der Waals surface area (Å²) >= 11 is 0. The smallest absolute Gasteiger partial charge is 0.327 e. The van der Waals surface area contributed by atoms with Crippen molar-refractivity contribution in [1.82, 2.24) is 10.2 Å². The number of benzene rings is 2. The van der Waals surface area contributed by atoms with Crippen LogP contribution in [0.25, 0.3) is 5.57 Å². The SMILES string of the molecule is CC1(C)C(/C=C/C(=C/C=C2/N(CCCS(=O)(=O)O)c3ccc(S(=O)(=O)O)cc3C2(C)C)c2cccc(CCC(=O)NCCN3C(=O)C=CC3=O)c2)=Nc2c1ccc[n+]2CCCS(=O)(=O)O. The summed E-state index contributed by atoms with van der Waals surface area (Å²) < 4.78 is 101. The molecule has 0 atom stereocenters. The molecule has 2 aromatic carbocycles. The largest absolute Gasteiger partial charge is 0.354 e. The van der Waals surface area contributed by atoms with Crippen LogP contribution in [0.3, 0.4) is 0 Å². The van der Waals surface area contributed by atoms with Crippen molar-refractivity contribution >= 4 is 70.9 Å². The van der Waals surface area contributed by atoms with Crippen molar-refractivity contribution in [3.63, 3.8) is 0 Å². The minimum atomic E-state index is -4.56. The molecule has 17 nitrogen and oxygen atoms in total. The molecule has 4 heterocycles. The zero-order valence-corrected chi connectivity index (χ0v) is 38.8. The van der Waals surface area contributed by atoms with E-state index in [0.29, 0.717) is 47.0 Å². The Hall–Kier alpha value is -5.64. The molecule has 20 heteroatoms. The van der Waals surface area contributed by atoms with Crippen molar-refractivity contribution in [3.05, 3.63) is 125 Å². The normalized spacial score (nSPS) is 17.6. The summed E-state index contributed by atoms with van der Waals surface area (Å²) in [6.45, 7) is 8.36. The highest BCUT2D eigenvalue weighted by atomic mass is 32.2. The number of carbonyl (C=O) groups is 3. The number of amides is 3. The van der Waals surface area contributed by atoms with Gasteiger partial charge < -0.3 is 10.2 Å². The van der Waals surface area contributed by atoms with E-state index in [1.165, 1.54) is 24.3 Å². The summed E-state index contributed by atoms with van der Waals surface area (Å²) in [6.07, 6.45) is 12.3. The third kappa shape index (κ3) is 11.8. The minimum Gasteiger partial charge on any atom is -0.354 e. The molecular weight excluding hydrogens is 899 g/mol. The number of rotatable bonds is 19. The van der Waals surface area contributed by atoms with E-state index in [9.17, 15) is 53.3 Å². The predicted octanol–water partition coefficient (Wildman–Crippen LogP) is 4.44. The summed E-state index contributed by atoms with van der Waals surface area (Å²) in [4.78, 5) is 44.2. The molecule has 0 bridgehead atoms. The zero-order chi connectivity index (χ0) is 47.5. The van der Waals surface area contributed by atoms with Gasteiger partial charge in [-0.25, -0.2) is 4.57 Å². The molecule has 0 fully saturated rings. The second-order valence-corrected chi connectivity index (χ2v) is 21.6. The van der Waals surface area contributed by atoms with Crippen molar-refractivity contribution < 1.29 is 57.9 Å². The first-order valence-electron chi connectivity index (χ1n) is 20.8. The molecule has 3 aromatic rings. The number of hydrogen-bond donors (Lipinski definition) is 4. The number of allylic oxidation sites excluding steroid dienone is 6. The van der Waals surface area contributed by atoms with E-state index in [2.05, 4.69) is 5.32 Å². The van der Waals surface area contributed by atoms with Gasteiger partial charge in [-0.2, -0.15) is 25.3 Å². The predicted molar refractivity (Wildman–Crippen MR) is 244 cm³/mol. The lowest BCUT2D eigenvalue weighted by molar-refractivity contribution is -0.684. The molecule has 3 amide bonds. The minimum absolute atomic E-state index is 0.0365. The number of anilines is 1. The molecule has 0 aliphatic carbocycles. The zero-order valence-electron chi connectivity index (χ0n) is 36.3. The Morgan fingerprint density at radius 2 is 1.51 bits per heavy atom. The Morgan fingerprint density at radius 3 is 2.18 bits per heavy atom. The second kappa shape index (κ2) is 19.1. The van der Waals surface area contributed by atoms with Gasteiger partial charge in [0.15, 0.2) is 5.71 Å². The Kier molecular flexibility index (Phi) is 14.3. The van der Waals surface area contributed by atoms with Gasteiger partial charge in [-0.15, -0.1) is 0 Å². The van der Waals surface area contributed by atoms with Crippen LogP contribution in [-0.4, -0.2) is 98.4 Å². The third-order valence-electron chi connectivity index (χ3n) is 11.6. The van der Waals surface area contributed by atoms with Gasteiger partial charge in [-0.3, -0.25) is 32.9 Å². The maximum atomic E-state index is 12.8. The lowest BCUT2D eigenvalue weighted by Crippen LogP contribution is -2.38. The van der Waals surface area contributed by atoms with E-state index in [4.69, 9.17) is 4.99 Å². The van der Waals surface area contributed by atoms with E-state index in [0.717, 1.165) is 21.6 Å². The fourth-order valence-corrected chi connectivity index (χ4v) is 9.64. The van der Waals surface area contributed by atoms with Crippen LogP contribution in [0.15, 0.2) is 113 Å². The summed E-state index contributed by atoms with van der Waals surface area (Å²) in [7, 11) is -13.0. The number of aromatic nitrogens is 1. The first-order valence-corrected chi connectivity index (χ1v) is 25.4. The molecule has 0 saturated heterocycles. The molecule has 0 radical (unpaired) electrons. The van der Waals surface area contributed by atoms with Gasteiger partial charge in [-0.05, 0) is 96.4 Å². The van der Waals surface area contributed by atoms with Crippen molar-refractivity contribution in [1.29, 1.82) is 0 Å². The van der Waals surface area contributed by atoms with Gasteiger partial charge in [0.1, 0.15) is 0 Å². The van der Waals surface area contributed by atoms with Crippen molar-refractivity contribution in [2.45, 2.75) is 75.6 Å². The maximum Gasteiger partial charge on any atom is 0.327 e. The topological polar surface area (TPSA) is 249 Å². The molecule has 3 aliphatic rings. The fraction of sp³-hybridized carbons (Fsp3) is 0.356. The Morgan fingerprint density at radius 1 is 0.815 bits per heavy atom. The highest BCUT2D eigenvalue weighted by molar-refractivity contribution is 7.86. The number of imide groups is 1. The summed E-state index contributed by atoms with van der Waals surface area (Å²) in [5.41, 5.74) is 4.23. The lowest BCUT2D eigenvalue weighted by Gasteiger charge is -2.27. The molecule has 3 aliphatic heterocycles. The Balaban J connectivity index is 1.36. The standard InChI is InChI=1S/C45H51N5O12S3/c1-44(2)35-11-6-23-48(24-7-27-63(54,55)56)43(35)47-38(44)17-13-32(33-10-5-9-31(29-33)12-19-40(51)46-22-26-50-41(52)20-21-42(50)53)14-18-39-45(3,4)36-30-34(65(60,61)62)15-16-37(36)49(39)25-8-28-64(57,58)59/h5-6,9-11,13-18,20-21,23,29-30H,7-8,12,19,22,24-28H2,1-4H3,(H3-,46,51,54,55,56,57,58,59,60,61,62)/p+1. The first-order chi connectivity index (χ1) is 30.3. The highest BCUT2D eigenvalue weighted by Gasteiger charge is 2.43. The van der Waals surface area contributed by atoms with Gasteiger partial charge in [0.25, 0.3) is 42.2 Å². The molecule has 6 rings (SSSR count). The quantitative estimate of drug-likeness (QED) is 0.0563. The van der Waals surface area contributed by atoms with Crippen molar-refractivity contribution in [3.8, 4) is 0 Å². The fourth-order valence-electron chi connectivity index (χ4n) is 8.15. The first kappa shape index (κ1) is 48.8. The Bertz CT molecular complexity index is 2900. The lowest BCUT2D eigenvalue weighted by atomic mass is 9.81. The van der Waals surface area contributed by atoms with Crippen LogP contribution >= 0.6 is 0 Å². The molecule has 346 valence electrons. The molecular formula is C45H52N5O12S3+. The second-order valence-electron chi connectivity index (χ2n) is 17.0. The molecule has 0 unspecified atom stereocenters. The van der Waals surface area contributed by atoms with Crippen LogP contribution in [-0.2, 0) is 68.5 Å². The van der Waals surface area contributed by atoms with E-state index < -0.39 is 64.5 Å². The molecule has 4 N–H and O–H groups in total. The van der Waals surface area contributed by atoms with Crippen LogP contribution in [0, 0.1) is 0 Å². The van der Waals surface area contributed by atoms with E-state index in [1.54, 1.807) is 12.3 Å². The molecule has 0 spiro atoms. The number of hydrogen-bond acceptors (Lipinski definition) is 11. The average molecular weight is 951 g/mol. The Labute approximate surface area is 379 Å². The molecule has 1 aromatic heterocycles. The number of aliphatic imine (C=N–C) groups is 1. The van der Waals surface area contributed by atoms with Crippen LogP contribution in [0.4, 0.5) is 11.5 Å². The summed E-state index contributed by atoms with van der Waals surface area (Å²) in [5.74, 6) is -1.41. The number of aryl methyl sites for hydroxylation is 2. The van der Waals surface area contributed by atoms with Crippen LogP contribution < -0.4 is 14.8 Å². The number of nitrogens with one attached hydrogen (secondary N) is 1. The maximum absolute atomic E-state index is 12.8. The molecule has 0 saturated carbocycles. The monoisotopic (exact) mass is 950 g/mol. The van der Waals surface area contributed by atoms with Gasteiger partial charge >= 0.3 is 5.82 Å². The van der Waals surface area contributed by atoms with Gasteiger partial charge in [0, 0.05) is 61.4 Å². The van der Waals surface area contributed by atoms with Gasteiger partial charge in [0.2, 0.25) is 5.91 Å². The number of fused-ring (bicyclic) bond motifs is 2. The van der Waals surface area contributed by atoms with Crippen LogP contribution in [0.2, 0.25) is 0 Å². The highest BCUT2D eigenvalue weighted by Crippen LogP contribution is 2.49. The van der Waals surface area contributed by atoms with Crippen LogP contribution in [0.5, 0.6) is 0 Å². The van der Waals surface area contributed by atoms with Crippen molar-refractivity contribution in [2.75, 3.05) is 36.0 Å². The summed E-state index contributed by atoms with van der Waals surface area (Å²) in [5, 5.41) is 2.76. The summed E-state index contributed by atoms with van der Waals surface area (Å²) in [6, 6.07) is 15.6. The number of nitrogens with zero attached hydrogens (tertiary/aromatic N) is 4. The van der Waals surface area contributed by atoms with E-state index in [1.807, 2.05) is 97.9 Å².